The molecule has 1 aromatic carbocycles. The molecule has 2 aromatic heterocycles. The van der Waals surface area contributed by atoms with E-state index in [1.54, 1.807) is 10.6 Å². The SMILES string of the molecule is Cc1cccc(NC(=O)c2nc3ccccc3n2C)n1. The number of pyridine rings is 1. The lowest BCUT2D eigenvalue weighted by atomic mass is 10.3. The normalized spacial score (nSPS) is 10.7. The first-order valence-corrected chi connectivity index (χ1v) is 6.31. The molecule has 2 heterocycles. The van der Waals surface area contributed by atoms with Gasteiger partial charge in [-0.15, -0.1) is 0 Å². The number of nitrogens with zero attached hydrogens (tertiary/aromatic N) is 3. The van der Waals surface area contributed by atoms with Crippen LogP contribution >= 0.6 is 0 Å². The highest BCUT2D eigenvalue weighted by molar-refractivity contribution is 6.03. The fourth-order valence-corrected chi connectivity index (χ4v) is 2.13. The summed E-state index contributed by atoms with van der Waals surface area (Å²) in [6.45, 7) is 1.88. The molecule has 5 heteroatoms. The smallest absolute Gasteiger partial charge is 0.292 e. The van der Waals surface area contributed by atoms with Gasteiger partial charge >= 0.3 is 0 Å². The van der Waals surface area contributed by atoms with Gasteiger partial charge in [0, 0.05) is 12.7 Å². The van der Waals surface area contributed by atoms with Crippen molar-refractivity contribution in [3.8, 4) is 0 Å². The van der Waals surface area contributed by atoms with Crippen molar-refractivity contribution in [2.24, 2.45) is 7.05 Å². The Morgan fingerprint density at radius 3 is 2.65 bits per heavy atom. The van der Waals surface area contributed by atoms with Gasteiger partial charge in [0.25, 0.3) is 5.91 Å². The van der Waals surface area contributed by atoms with Crippen LogP contribution in [-0.4, -0.2) is 20.4 Å². The standard InChI is InChI=1S/C15H14N4O/c1-10-6-5-9-13(16-10)18-15(20)14-17-11-7-3-4-8-12(11)19(14)2/h3-9H,1-2H3,(H,16,18,20). The molecule has 0 saturated carbocycles. The molecule has 0 bridgehead atoms. The number of aryl methyl sites for hydroxylation is 2. The van der Waals surface area contributed by atoms with E-state index in [0.29, 0.717) is 11.6 Å². The maximum atomic E-state index is 12.3. The number of aromatic nitrogens is 3. The number of anilines is 1. The fourth-order valence-electron chi connectivity index (χ4n) is 2.13. The molecular formula is C15H14N4O. The first kappa shape index (κ1) is 12.3. The maximum Gasteiger partial charge on any atom is 0.292 e. The number of carbonyl (C=O) groups excluding carboxylic acids is 1. The molecule has 0 fully saturated rings. The van der Waals surface area contributed by atoms with Gasteiger partial charge in [0.1, 0.15) is 5.82 Å². The highest BCUT2D eigenvalue weighted by atomic mass is 16.2. The van der Waals surface area contributed by atoms with Crippen LogP contribution in [0.5, 0.6) is 0 Å². The van der Waals surface area contributed by atoms with Gasteiger partial charge in [0.15, 0.2) is 5.82 Å². The van der Waals surface area contributed by atoms with Crippen molar-refractivity contribution in [3.05, 3.63) is 54.0 Å². The first-order valence-electron chi connectivity index (χ1n) is 6.31. The molecule has 0 saturated heterocycles. The summed E-state index contributed by atoms with van der Waals surface area (Å²) in [7, 11) is 1.83. The van der Waals surface area contributed by atoms with E-state index in [1.807, 2.05) is 50.4 Å². The van der Waals surface area contributed by atoms with Crippen molar-refractivity contribution in [1.29, 1.82) is 0 Å². The molecule has 100 valence electrons. The molecule has 0 aliphatic heterocycles. The number of imidazole rings is 1. The van der Waals surface area contributed by atoms with E-state index in [4.69, 9.17) is 0 Å². The predicted molar refractivity (Wildman–Crippen MR) is 77.6 cm³/mol. The summed E-state index contributed by atoms with van der Waals surface area (Å²) in [4.78, 5) is 20.9. The highest BCUT2D eigenvalue weighted by Crippen LogP contribution is 2.15. The summed E-state index contributed by atoms with van der Waals surface area (Å²) < 4.78 is 1.78. The third kappa shape index (κ3) is 2.14. The summed E-state index contributed by atoms with van der Waals surface area (Å²) in [6, 6.07) is 13.1. The van der Waals surface area contributed by atoms with E-state index >= 15 is 0 Å². The number of amides is 1. The summed E-state index contributed by atoms with van der Waals surface area (Å²) in [5.41, 5.74) is 2.58. The van der Waals surface area contributed by atoms with Gasteiger partial charge in [-0.05, 0) is 31.2 Å². The van der Waals surface area contributed by atoms with Gasteiger partial charge in [-0.3, -0.25) is 4.79 Å². The third-order valence-corrected chi connectivity index (χ3v) is 3.12. The van der Waals surface area contributed by atoms with E-state index < -0.39 is 0 Å². The van der Waals surface area contributed by atoms with Crippen LogP contribution in [0.2, 0.25) is 0 Å². The number of fused-ring (bicyclic) bond motifs is 1. The second-order valence-electron chi connectivity index (χ2n) is 4.60. The van der Waals surface area contributed by atoms with Crippen LogP contribution in [0, 0.1) is 6.92 Å². The lowest BCUT2D eigenvalue weighted by Gasteiger charge is -2.05. The Hall–Kier alpha value is -2.69. The van der Waals surface area contributed by atoms with Crippen LogP contribution in [0.15, 0.2) is 42.5 Å². The maximum absolute atomic E-state index is 12.3. The topological polar surface area (TPSA) is 59.8 Å². The van der Waals surface area contributed by atoms with Crippen molar-refractivity contribution < 1.29 is 4.79 Å². The summed E-state index contributed by atoms with van der Waals surface area (Å²) in [6.07, 6.45) is 0. The van der Waals surface area contributed by atoms with Crippen molar-refractivity contribution in [3.63, 3.8) is 0 Å². The molecular weight excluding hydrogens is 252 g/mol. The van der Waals surface area contributed by atoms with Gasteiger partial charge in [-0.1, -0.05) is 18.2 Å². The Morgan fingerprint density at radius 1 is 1.10 bits per heavy atom. The Balaban J connectivity index is 1.95. The number of hydrogen-bond acceptors (Lipinski definition) is 3. The minimum Gasteiger partial charge on any atom is -0.323 e. The zero-order valence-electron chi connectivity index (χ0n) is 11.3. The zero-order chi connectivity index (χ0) is 14.1. The van der Waals surface area contributed by atoms with Gasteiger partial charge < -0.3 is 9.88 Å². The van der Waals surface area contributed by atoms with Crippen LogP contribution in [0.25, 0.3) is 11.0 Å². The van der Waals surface area contributed by atoms with Crippen LogP contribution in [-0.2, 0) is 7.05 Å². The van der Waals surface area contributed by atoms with E-state index in [9.17, 15) is 4.79 Å². The Labute approximate surface area is 116 Å². The predicted octanol–water partition coefficient (Wildman–Crippen LogP) is 2.53. The fraction of sp³-hybridized carbons (Fsp3) is 0.133. The van der Waals surface area contributed by atoms with Crippen LogP contribution in [0.4, 0.5) is 5.82 Å². The quantitative estimate of drug-likeness (QED) is 0.775. The van der Waals surface area contributed by atoms with Crippen LogP contribution in [0.1, 0.15) is 16.3 Å². The molecule has 3 aromatic rings. The molecule has 0 aliphatic carbocycles. The summed E-state index contributed by atoms with van der Waals surface area (Å²) >= 11 is 0. The summed E-state index contributed by atoms with van der Waals surface area (Å²) in [5.74, 6) is 0.637. The number of nitrogens with one attached hydrogen (secondary N) is 1. The second kappa shape index (κ2) is 4.77. The molecule has 0 atom stereocenters. The molecule has 1 amide bonds. The van der Waals surface area contributed by atoms with Crippen molar-refractivity contribution in [2.75, 3.05) is 5.32 Å². The lowest BCUT2D eigenvalue weighted by molar-refractivity contribution is 0.101. The van der Waals surface area contributed by atoms with E-state index in [0.717, 1.165) is 16.7 Å². The number of carbonyl (C=O) groups is 1. The largest absolute Gasteiger partial charge is 0.323 e. The van der Waals surface area contributed by atoms with Gasteiger partial charge in [-0.25, -0.2) is 9.97 Å². The lowest BCUT2D eigenvalue weighted by Crippen LogP contribution is -2.17. The first-order chi connectivity index (χ1) is 9.65. The third-order valence-electron chi connectivity index (χ3n) is 3.12. The van der Waals surface area contributed by atoms with E-state index in [2.05, 4.69) is 15.3 Å². The Kier molecular flexibility index (Phi) is 2.95. The zero-order valence-corrected chi connectivity index (χ0v) is 11.3. The van der Waals surface area contributed by atoms with Gasteiger partial charge in [0.05, 0.1) is 11.0 Å². The number of rotatable bonds is 2. The molecule has 3 rings (SSSR count). The molecule has 1 N–H and O–H groups in total. The van der Waals surface area contributed by atoms with Crippen molar-refractivity contribution in [2.45, 2.75) is 6.92 Å². The summed E-state index contributed by atoms with van der Waals surface area (Å²) in [5, 5.41) is 2.77. The van der Waals surface area contributed by atoms with Crippen LogP contribution in [0.3, 0.4) is 0 Å². The van der Waals surface area contributed by atoms with Crippen LogP contribution < -0.4 is 5.32 Å². The van der Waals surface area contributed by atoms with E-state index in [1.165, 1.54) is 0 Å². The second-order valence-corrected chi connectivity index (χ2v) is 4.60. The average molecular weight is 266 g/mol. The monoisotopic (exact) mass is 266 g/mol. The number of hydrogen-bond donors (Lipinski definition) is 1. The molecule has 0 aliphatic rings. The minimum atomic E-state index is -0.262. The molecule has 20 heavy (non-hydrogen) atoms. The molecule has 0 radical (unpaired) electrons. The molecule has 5 nitrogen and oxygen atoms in total. The van der Waals surface area contributed by atoms with Crippen molar-refractivity contribution in [1.82, 2.24) is 14.5 Å². The number of para-hydroxylation sites is 2. The average Bonchev–Trinajstić information content (AvgIpc) is 2.77. The van der Waals surface area contributed by atoms with E-state index in [-0.39, 0.29) is 5.91 Å². The minimum absolute atomic E-state index is 0.262. The van der Waals surface area contributed by atoms with Gasteiger partial charge in [-0.2, -0.15) is 0 Å². The molecule has 0 unspecified atom stereocenters. The van der Waals surface area contributed by atoms with Gasteiger partial charge in [0.2, 0.25) is 0 Å². The van der Waals surface area contributed by atoms with Crippen molar-refractivity contribution >= 4 is 22.8 Å². The highest BCUT2D eigenvalue weighted by Gasteiger charge is 2.15. The number of benzene rings is 1. The molecule has 0 spiro atoms. The Morgan fingerprint density at radius 2 is 1.90 bits per heavy atom. The Bertz CT molecular complexity index is 791.